The van der Waals surface area contributed by atoms with Crippen LogP contribution in [0.4, 0.5) is 11.4 Å². The van der Waals surface area contributed by atoms with E-state index in [2.05, 4.69) is 10.0 Å². The van der Waals surface area contributed by atoms with Gasteiger partial charge in [0.25, 0.3) is 15.9 Å². The monoisotopic (exact) mass is 402 g/mol. The van der Waals surface area contributed by atoms with Crippen LogP contribution in [0.1, 0.15) is 16.1 Å². The molecule has 27 heavy (non-hydrogen) atoms. The Morgan fingerprint density at radius 3 is 2.48 bits per heavy atom. The maximum Gasteiger partial charge on any atom is 0.291 e. The average molecular weight is 403 g/mol. The van der Waals surface area contributed by atoms with Gasteiger partial charge < -0.3 is 9.73 Å². The Kier molecular flexibility index (Phi) is 5.63. The molecular weight excluding hydrogens is 388 g/mol. The number of amides is 1. The SMILES string of the molecule is O=C(Nc1cc(Cl)ccc1NS(=O)(=O)/C=C\c1ccccc1)c1ccco1. The number of furan rings is 1. The van der Waals surface area contributed by atoms with Crippen LogP contribution in [-0.4, -0.2) is 14.3 Å². The molecule has 0 fully saturated rings. The van der Waals surface area contributed by atoms with Crippen LogP contribution in [0.5, 0.6) is 0 Å². The molecular formula is C19H15ClN2O4S. The van der Waals surface area contributed by atoms with E-state index in [1.54, 1.807) is 30.3 Å². The highest BCUT2D eigenvalue weighted by atomic mass is 35.5. The van der Waals surface area contributed by atoms with E-state index in [1.807, 2.05) is 6.07 Å². The number of hydrogen-bond donors (Lipinski definition) is 2. The first-order valence-electron chi connectivity index (χ1n) is 7.83. The van der Waals surface area contributed by atoms with Crippen LogP contribution in [-0.2, 0) is 10.0 Å². The number of benzene rings is 2. The van der Waals surface area contributed by atoms with E-state index < -0.39 is 15.9 Å². The number of carbonyl (C=O) groups is 1. The Labute approximate surface area is 161 Å². The summed E-state index contributed by atoms with van der Waals surface area (Å²) in [6.07, 6.45) is 2.84. The van der Waals surface area contributed by atoms with Crippen molar-refractivity contribution in [2.24, 2.45) is 0 Å². The molecule has 0 atom stereocenters. The number of hydrogen-bond acceptors (Lipinski definition) is 4. The lowest BCUT2D eigenvalue weighted by Gasteiger charge is -2.12. The van der Waals surface area contributed by atoms with Crippen LogP contribution >= 0.6 is 11.6 Å². The van der Waals surface area contributed by atoms with Gasteiger partial charge in [-0.15, -0.1) is 0 Å². The van der Waals surface area contributed by atoms with E-state index >= 15 is 0 Å². The first-order chi connectivity index (χ1) is 12.9. The normalized spacial score (nSPS) is 11.4. The van der Waals surface area contributed by atoms with Gasteiger partial charge in [-0.3, -0.25) is 9.52 Å². The molecule has 2 aromatic carbocycles. The molecule has 8 heteroatoms. The molecule has 6 nitrogen and oxygen atoms in total. The predicted octanol–water partition coefficient (Wildman–Crippen LogP) is 4.60. The van der Waals surface area contributed by atoms with Gasteiger partial charge in [-0.25, -0.2) is 8.42 Å². The molecule has 0 radical (unpaired) electrons. The maximum absolute atomic E-state index is 12.4. The fourth-order valence-electron chi connectivity index (χ4n) is 2.22. The summed E-state index contributed by atoms with van der Waals surface area (Å²) in [6, 6.07) is 16.5. The Morgan fingerprint density at radius 2 is 1.78 bits per heavy atom. The number of carbonyl (C=O) groups excluding carboxylic acids is 1. The lowest BCUT2D eigenvalue weighted by molar-refractivity contribution is 0.0996. The molecule has 0 spiro atoms. The zero-order chi connectivity index (χ0) is 19.3. The van der Waals surface area contributed by atoms with Gasteiger partial charge in [0.2, 0.25) is 0 Å². The lowest BCUT2D eigenvalue weighted by atomic mass is 10.2. The molecule has 1 aromatic heterocycles. The van der Waals surface area contributed by atoms with Crippen molar-refractivity contribution >= 4 is 45.0 Å². The number of nitrogens with one attached hydrogen (secondary N) is 2. The summed E-state index contributed by atoms with van der Waals surface area (Å²) in [5, 5.41) is 3.97. The van der Waals surface area contributed by atoms with Crippen molar-refractivity contribution in [1.29, 1.82) is 0 Å². The van der Waals surface area contributed by atoms with Gasteiger partial charge in [0.1, 0.15) is 0 Å². The second-order valence-electron chi connectivity index (χ2n) is 5.48. The third kappa shape index (κ3) is 5.22. The second-order valence-corrected chi connectivity index (χ2v) is 7.48. The Balaban J connectivity index is 1.81. The van der Waals surface area contributed by atoms with Gasteiger partial charge >= 0.3 is 0 Å². The Bertz CT molecular complexity index is 1060. The van der Waals surface area contributed by atoms with E-state index in [-0.39, 0.29) is 17.1 Å². The molecule has 2 N–H and O–H groups in total. The zero-order valence-corrected chi connectivity index (χ0v) is 15.5. The van der Waals surface area contributed by atoms with Crippen molar-refractivity contribution < 1.29 is 17.6 Å². The van der Waals surface area contributed by atoms with Gasteiger partial charge in [-0.1, -0.05) is 41.9 Å². The van der Waals surface area contributed by atoms with Crippen LogP contribution in [0, 0.1) is 0 Å². The largest absolute Gasteiger partial charge is 0.459 e. The molecule has 1 amide bonds. The summed E-state index contributed by atoms with van der Waals surface area (Å²) >= 11 is 5.97. The van der Waals surface area contributed by atoms with Gasteiger partial charge in [-0.2, -0.15) is 0 Å². The highest BCUT2D eigenvalue weighted by Crippen LogP contribution is 2.27. The van der Waals surface area contributed by atoms with Crippen LogP contribution in [0.3, 0.4) is 0 Å². The molecule has 0 aliphatic carbocycles. The van der Waals surface area contributed by atoms with Crippen molar-refractivity contribution in [3.05, 3.63) is 88.7 Å². The van der Waals surface area contributed by atoms with E-state index in [1.165, 1.54) is 36.6 Å². The van der Waals surface area contributed by atoms with Crippen LogP contribution in [0.15, 0.2) is 76.8 Å². The third-order valence-corrected chi connectivity index (χ3v) is 4.70. The van der Waals surface area contributed by atoms with Gasteiger partial charge in [-0.05, 0) is 42.0 Å². The molecule has 3 rings (SSSR count). The maximum atomic E-state index is 12.4. The first kappa shape index (κ1) is 18.8. The molecule has 1 heterocycles. The summed E-state index contributed by atoms with van der Waals surface area (Å²) < 4.78 is 32.2. The first-order valence-corrected chi connectivity index (χ1v) is 9.76. The van der Waals surface area contributed by atoms with Crippen molar-refractivity contribution in [2.45, 2.75) is 0 Å². The number of sulfonamides is 1. The smallest absolute Gasteiger partial charge is 0.291 e. The molecule has 0 unspecified atom stereocenters. The minimum atomic E-state index is -3.81. The molecule has 0 aliphatic heterocycles. The fourth-order valence-corrected chi connectivity index (χ4v) is 3.28. The lowest BCUT2D eigenvalue weighted by Crippen LogP contribution is -2.15. The predicted molar refractivity (Wildman–Crippen MR) is 106 cm³/mol. The zero-order valence-electron chi connectivity index (χ0n) is 13.9. The Morgan fingerprint density at radius 1 is 1.00 bits per heavy atom. The highest BCUT2D eigenvalue weighted by Gasteiger charge is 2.15. The summed E-state index contributed by atoms with van der Waals surface area (Å²) in [5.41, 5.74) is 1.13. The standard InChI is InChI=1S/C19H15ClN2O4S/c20-15-8-9-16(17(13-15)21-19(23)18-7-4-11-26-18)22-27(24,25)12-10-14-5-2-1-3-6-14/h1-13,22H,(H,21,23)/b12-10-. The number of halogens is 1. The van der Waals surface area contributed by atoms with Crippen molar-refractivity contribution in [3.63, 3.8) is 0 Å². The second kappa shape index (κ2) is 8.11. The van der Waals surface area contributed by atoms with Crippen LogP contribution in [0.2, 0.25) is 5.02 Å². The van der Waals surface area contributed by atoms with Gasteiger partial charge in [0, 0.05) is 5.02 Å². The van der Waals surface area contributed by atoms with E-state index in [9.17, 15) is 13.2 Å². The van der Waals surface area contributed by atoms with E-state index in [4.69, 9.17) is 16.0 Å². The molecule has 0 bridgehead atoms. The van der Waals surface area contributed by atoms with E-state index in [0.717, 1.165) is 11.0 Å². The number of rotatable bonds is 6. The van der Waals surface area contributed by atoms with Crippen LogP contribution in [0.25, 0.3) is 6.08 Å². The summed E-state index contributed by atoms with van der Waals surface area (Å²) in [5.74, 6) is -0.435. The van der Waals surface area contributed by atoms with E-state index in [0.29, 0.717) is 5.02 Å². The topological polar surface area (TPSA) is 88.4 Å². The van der Waals surface area contributed by atoms with Gasteiger partial charge in [0.05, 0.1) is 23.0 Å². The molecule has 0 aliphatic rings. The average Bonchev–Trinajstić information content (AvgIpc) is 3.18. The summed E-state index contributed by atoms with van der Waals surface area (Å²) in [6.45, 7) is 0. The molecule has 138 valence electrons. The van der Waals surface area contributed by atoms with Crippen LogP contribution < -0.4 is 10.0 Å². The molecule has 3 aromatic rings. The number of anilines is 2. The molecule has 0 saturated heterocycles. The van der Waals surface area contributed by atoms with Crippen molar-refractivity contribution in [2.75, 3.05) is 10.0 Å². The van der Waals surface area contributed by atoms with Gasteiger partial charge in [0.15, 0.2) is 5.76 Å². The Hall–Kier alpha value is -3.03. The quantitative estimate of drug-likeness (QED) is 0.630. The third-order valence-electron chi connectivity index (χ3n) is 3.47. The highest BCUT2D eigenvalue weighted by molar-refractivity contribution is 7.95. The minimum Gasteiger partial charge on any atom is -0.459 e. The summed E-state index contributed by atoms with van der Waals surface area (Å²) in [7, 11) is -3.81. The van der Waals surface area contributed by atoms with Crippen molar-refractivity contribution in [3.8, 4) is 0 Å². The summed E-state index contributed by atoms with van der Waals surface area (Å²) in [4.78, 5) is 12.2. The molecule has 0 saturated carbocycles. The van der Waals surface area contributed by atoms with Crippen molar-refractivity contribution in [1.82, 2.24) is 0 Å². The minimum absolute atomic E-state index is 0.0905. The fraction of sp³-hybridized carbons (Fsp3) is 0.